The summed E-state index contributed by atoms with van der Waals surface area (Å²) < 4.78 is 0. The van der Waals surface area contributed by atoms with E-state index < -0.39 is 0 Å². The molecule has 0 aliphatic heterocycles. The largest absolute Gasteiger partial charge is 0.0856 e. The van der Waals surface area contributed by atoms with E-state index in [-0.39, 0.29) is 0 Å². The number of rotatable bonds is 7. The molecule has 0 rings (SSSR count). The highest BCUT2D eigenvalue weighted by Gasteiger charge is 1.89. The molecule has 0 radical (unpaired) electrons. The van der Waals surface area contributed by atoms with E-state index in [1.54, 1.807) is 5.57 Å². The first-order chi connectivity index (χ1) is 6.66. The van der Waals surface area contributed by atoms with Gasteiger partial charge in [0.05, 0.1) is 0 Å². The van der Waals surface area contributed by atoms with Crippen molar-refractivity contribution < 1.29 is 0 Å². The zero-order valence-corrected chi connectivity index (χ0v) is 10.4. The van der Waals surface area contributed by atoms with Crippen LogP contribution >= 0.6 is 0 Å². The molecule has 0 aromatic rings. The smallest absolute Gasteiger partial charge is 0.0288 e. The highest BCUT2D eigenvalue weighted by molar-refractivity contribution is 5.01. The minimum atomic E-state index is 1.21. The Balaban J connectivity index is 3.52. The molecule has 0 saturated heterocycles. The molecule has 0 heterocycles. The van der Waals surface area contributed by atoms with Gasteiger partial charge in [0, 0.05) is 0 Å². The zero-order valence-electron chi connectivity index (χ0n) is 10.4. The third kappa shape index (κ3) is 9.57. The van der Waals surface area contributed by atoms with E-state index in [4.69, 9.17) is 0 Å². The van der Waals surface area contributed by atoms with Gasteiger partial charge in [0.25, 0.3) is 0 Å². The lowest BCUT2D eigenvalue weighted by Crippen LogP contribution is -1.78. The van der Waals surface area contributed by atoms with Crippen LogP contribution in [0.2, 0.25) is 0 Å². The summed E-state index contributed by atoms with van der Waals surface area (Å²) in [6.45, 7) is 8.84. The molecule has 0 heteroatoms. The van der Waals surface area contributed by atoms with Crippen LogP contribution in [-0.4, -0.2) is 0 Å². The topological polar surface area (TPSA) is 0 Å². The van der Waals surface area contributed by atoms with Crippen molar-refractivity contribution in [2.45, 2.75) is 66.2 Å². The molecule has 14 heavy (non-hydrogen) atoms. The molecule has 0 amide bonds. The van der Waals surface area contributed by atoms with Crippen LogP contribution in [0.1, 0.15) is 66.2 Å². The summed E-state index contributed by atoms with van der Waals surface area (Å²) in [4.78, 5) is 0. The SMILES string of the molecule is CCCCC/C=C(/C)CCC=C(C)C. The first kappa shape index (κ1) is 13.5. The fourth-order valence-electron chi connectivity index (χ4n) is 1.43. The second-order valence-electron chi connectivity index (χ2n) is 4.37. The van der Waals surface area contributed by atoms with E-state index in [0.717, 1.165) is 0 Å². The Bertz CT molecular complexity index is 180. The molecule has 0 aliphatic carbocycles. The first-order valence-corrected chi connectivity index (χ1v) is 5.95. The Labute approximate surface area is 90.1 Å². The van der Waals surface area contributed by atoms with Gasteiger partial charge in [-0.1, -0.05) is 43.1 Å². The average molecular weight is 194 g/mol. The minimum Gasteiger partial charge on any atom is -0.0856 e. The van der Waals surface area contributed by atoms with Crippen LogP contribution in [0, 0.1) is 0 Å². The van der Waals surface area contributed by atoms with E-state index >= 15 is 0 Å². The molecule has 0 spiro atoms. The van der Waals surface area contributed by atoms with Crippen molar-refractivity contribution >= 4 is 0 Å². The number of hydrogen-bond acceptors (Lipinski definition) is 0. The Morgan fingerprint density at radius 2 is 1.64 bits per heavy atom. The standard InChI is InChI=1S/C14H26/c1-5-6-7-8-11-14(4)12-9-10-13(2)3/h10-11H,5-9,12H2,1-4H3/b14-11-. The van der Waals surface area contributed by atoms with Gasteiger partial charge in [0.15, 0.2) is 0 Å². The van der Waals surface area contributed by atoms with Crippen LogP contribution in [0.4, 0.5) is 0 Å². The van der Waals surface area contributed by atoms with Gasteiger partial charge in [0.1, 0.15) is 0 Å². The van der Waals surface area contributed by atoms with Gasteiger partial charge >= 0.3 is 0 Å². The highest BCUT2D eigenvalue weighted by Crippen LogP contribution is 2.09. The third-order valence-corrected chi connectivity index (χ3v) is 2.39. The molecular formula is C14H26. The predicted molar refractivity (Wildman–Crippen MR) is 66.6 cm³/mol. The zero-order chi connectivity index (χ0) is 10.8. The lowest BCUT2D eigenvalue weighted by molar-refractivity contribution is 0.725. The molecule has 0 atom stereocenters. The minimum absolute atomic E-state index is 1.21. The molecule has 0 N–H and O–H groups in total. The Hall–Kier alpha value is -0.520. The molecule has 0 saturated carbocycles. The van der Waals surface area contributed by atoms with Crippen LogP contribution in [0.15, 0.2) is 23.3 Å². The summed E-state index contributed by atoms with van der Waals surface area (Å²) in [5.74, 6) is 0. The fourth-order valence-corrected chi connectivity index (χ4v) is 1.43. The van der Waals surface area contributed by atoms with Gasteiger partial charge in [-0.05, 0) is 46.5 Å². The molecular weight excluding hydrogens is 168 g/mol. The Morgan fingerprint density at radius 3 is 2.21 bits per heavy atom. The van der Waals surface area contributed by atoms with Crippen LogP contribution in [-0.2, 0) is 0 Å². The fraction of sp³-hybridized carbons (Fsp3) is 0.714. The summed E-state index contributed by atoms with van der Waals surface area (Å²) in [5.41, 5.74) is 2.99. The highest BCUT2D eigenvalue weighted by atomic mass is 14.0. The molecule has 0 unspecified atom stereocenters. The second kappa shape index (κ2) is 9.05. The van der Waals surface area contributed by atoms with Gasteiger partial charge in [-0.15, -0.1) is 0 Å². The van der Waals surface area contributed by atoms with E-state index in [9.17, 15) is 0 Å². The molecule has 0 bridgehead atoms. The van der Waals surface area contributed by atoms with Gasteiger partial charge in [-0.2, -0.15) is 0 Å². The predicted octanol–water partition coefficient (Wildman–Crippen LogP) is 5.26. The lowest BCUT2D eigenvalue weighted by Gasteiger charge is -1.99. The maximum atomic E-state index is 2.41. The van der Waals surface area contributed by atoms with Crippen LogP contribution < -0.4 is 0 Å². The van der Waals surface area contributed by atoms with E-state index in [1.807, 2.05) is 0 Å². The third-order valence-electron chi connectivity index (χ3n) is 2.39. The summed E-state index contributed by atoms with van der Waals surface area (Å²) in [5, 5.41) is 0. The van der Waals surface area contributed by atoms with E-state index in [1.165, 1.54) is 44.1 Å². The Kier molecular flexibility index (Phi) is 8.72. The molecule has 0 nitrogen and oxygen atoms in total. The average Bonchev–Trinajstić information content (AvgIpc) is 2.12. The van der Waals surface area contributed by atoms with E-state index in [0.29, 0.717) is 0 Å². The van der Waals surface area contributed by atoms with Gasteiger partial charge in [-0.3, -0.25) is 0 Å². The molecule has 0 fully saturated rings. The summed E-state index contributed by atoms with van der Waals surface area (Å²) in [7, 11) is 0. The lowest BCUT2D eigenvalue weighted by atomic mass is 10.1. The molecule has 82 valence electrons. The normalized spacial score (nSPS) is 11.6. The Morgan fingerprint density at radius 1 is 0.929 bits per heavy atom. The van der Waals surface area contributed by atoms with Crippen molar-refractivity contribution in [2.24, 2.45) is 0 Å². The van der Waals surface area contributed by atoms with Crippen molar-refractivity contribution in [3.63, 3.8) is 0 Å². The van der Waals surface area contributed by atoms with Crippen molar-refractivity contribution in [3.05, 3.63) is 23.3 Å². The van der Waals surface area contributed by atoms with E-state index in [2.05, 4.69) is 39.8 Å². The van der Waals surface area contributed by atoms with Crippen LogP contribution in [0.3, 0.4) is 0 Å². The van der Waals surface area contributed by atoms with Gasteiger partial charge in [-0.25, -0.2) is 0 Å². The molecule has 0 aliphatic rings. The van der Waals surface area contributed by atoms with Crippen molar-refractivity contribution in [3.8, 4) is 0 Å². The maximum absolute atomic E-state index is 2.41. The quantitative estimate of drug-likeness (QED) is 0.383. The van der Waals surface area contributed by atoms with Crippen molar-refractivity contribution in [2.75, 3.05) is 0 Å². The maximum Gasteiger partial charge on any atom is -0.0288 e. The molecule has 0 aromatic carbocycles. The number of hydrogen-bond donors (Lipinski definition) is 0. The summed E-state index contributed by atoms with van der Waals surface area (Å²) >= 11 is 0. The number of allylic oxidation sites excluding steroid dienone is 4. The number of unbranched alkanes of at least 4 members (excludes halogenated alkanes) is 3. The van der Waals surface area contributed by atoms with Crippen LogP contribution in [0.5, 0.6) is 0 Å². The van der Waals surface area contributed by atoms with Crippen molar-refractivity contribution in [1.82, 2.24) is 0 Å². The van der Waals surface area contributed by atoms with Gasteiger partial charge < -0.3 is 0 Å². The van der Waals surface area contributed by atoms with Gasteiger partial charge in [0.2, 0.25) is 0 Å². The molecule has 0 aromatic heterocycles. The second-order valence-corrected chi connectivity index (χ2v) is 4.37. The first-order valence-electron chi connectivity index (χ1n) is 5.95. The summed E-state index contributed by atoms with van der Waals surface area (Å²) in [6, 6.07) is 0. The van der Waals surface area contributed by atoms with Crippen molar-refractivity contribution in [1.29, 1.82) is 0 Å². The summed E-state index contributed by atoms with van der Waals surface area (Å²) in [6.07, 6.45) is 12.5. The monoisotopic (exact) mass is 194 g/mol. The van der Waals surface area contributed by atoms with Crippen LogP contribution in [0.25, 0.3) is 0 Å².